The third-order valence-corrected chi connectivity index (χ3v) is 2.48. The van der Waals surface area contributed by atoms with Crippen LogP contribution in [0.5, 0.6) is 0 Å². The van der Waals surface area contributed by atoms with E-state index in [1.807, 2.05) is 6.07 Å². The van der Waals surface area contributed by atoms with E-state index in [1.165, 1.54) is 4.90 Å². The molecule has 0 aliphatic carbocycles. The quantitative estimate of drug-likeness (QED) is 0.676. The van der Waals surface area contributed by atoms with Crippen molar-refractivity contribution in [2.45, 2.75) is 19.6 Å². The molecule has 0 saturated heterocycles. The standard InChI is InChI=1S/C12H17N3O4/c1-2-15(8-9-5-3-4-6-13-9)12(19)14-7-10(16)11(17)18/h3-6,10,16H,2,7-8H2,1H3,(H,14,19)(H,17,18). The molecule has 0 aliphatic rings. The highest BCUT2D eigenvalue weighted by Crippen LogP contribution is 2.01. The highest BCUT2D eigenvalue weighted by molar-refractivity contribution is 5.76. The van der Waals surface area contributed by atoms with Crippen LogP contribution < -0.4 is 5.32 Å². The third kappa shape index (κ3) is 4.92. The van der Waals surface area contributed by atoms with Crippen molar-refractivity contribution >= 4 is 12.0 Å². The summed E-state index contributed by atoms with van der Waals surface area (Å²) in [5.74, 6) is -1.37. The highest BCUT2D eigenvalue weighted by atomic mass is 16.4. The van der Waals surface area contributed by atoms with Gasteiger partial charge >= 0.3 is 12.0 Å². The van der Waals surface area contributed by atoms with E-state index in [2.05, 4.69) is 10.3 Å². The van der Waals surface area contributed by atoms with Crippen molar-refractivity contribution in [2.75, 3.05) is 13.1 Å². The molecule has 19 heavy (non-hydrogen) atoms. The molecule has 1 heterocycles. The van der Waals surface area contributed by atoms with Gasteiger partial charge < -0.3 is 20.4 Å². The monoisotopic (exact) mass is 267 g/mol. The molecule has 0 saturated carbocycles. The molecule has 0 aromatic carbocycles. The van der Waals surface area contributed by atoms with Crippen LogP contribution in [0.2, 0.25) is 0 Å². The molecule has 1 unspecified atom stereocenters. The largest absolute Gasteiger partial charge is 0.479 e. The van der Waals surface area contributed by atoms with Crippen LogP contribution in [0.25, 0.3) is 0 Å². The number of aliphatic hydroxyl groups is 1. The van der Waals surface area contributed by atoms with E-state index in [4.69, 9.17) is 10.2 Å². The van der Waals surface area contributed by atoms with Gasteiger partial charge in [-0.1, -0.05) is 6.07 Å². The number of amides is 2. The van der Waals surface area contributed by atoms with Crippen LogP contribution in [0.15, 0.2) is 24.4 Å². The molecule has 2 amide bonds. The lowest BCUT2D eigenvalue weighted by molar-refractivity contribution is -0.146. The van der Waals surface area contributed by atoms with Crippen LogP contribution in [0.1, 0.15) is 12.6 Å². The number of hydrogen-bond donors (Lipinski definition) is 3. The first kappa shape index (κ1) is 14.9. The van der Waals surface area contributed by atoms with Gasteiger partial charge in [0.15, 0.2) is 6.10 Å². The van der Waals surface area contributed by atoms with Crippen molar-refractivity contribution < 1.29 is 19.8 Å². The normalized spacial score (nSPS) is 11.7. The maximum absolute atomic E-state index is 11.8. The molecule has 1 rings (SSSR count). The molecule has 0 aliphatic heterocycles. The average molecular weight is 267 g/mol. The molecule has 1 aromatic heterocycles. The summed E-state index contributed by atoms with van der Waals surface area (Å²) in [7, 11) is 0. The predicted molar refractivity (Wildman–Crippen MR) is 67.4 cm³/mol. The van der Waals surface area contributed by atoms with E-state index < -0.39 is 18.1 Å². The summed E-state index contributed by atoms with van der Waals surface area (Å²) in [6, 6.07) is 4.96. The highest BCUT2D eigenvalue weighted by Gasteiger charge is 2.17. The number of rotatable bonds is 6. The number of aromatic nitrogens is 1. The van der Waals surface area contributed by atoms with E-state index in [-0.39, 0.29) is 6.54 Å². The summed E-state index contributed by atoms with van der Waals surface area (Å²) in [4.78, 5) is 27.8. The van der Waals surface area contributed by atoms with Crippen molar-refractivity contribution in [1.29, 1.82) is 0 Å². The van der Waals surface area contributed by atoms with Crippen molar-refractivity contribution in [3.63, 3.8) is 0 Å². The minimum Gasteiger partial charge on any atom is -0.479 e. The Kier molecular flexibility index (Phi) is 5.74. The fraction of sp³-hybridized carbons (Fsp3) is 0.417. The first-order valence-corrected chi connectivity index (χ1v) is 5.88. The Labute approximate surface area is 110 Å². The molecule has 7 nitrogen and oxygen atoms in total. The van der Waals surface area contributed by atoms with Gasteiger partial charge in [-0.05, 0) is 19.1 Å². The van der Waals surface area contributed by atoms with Crippen LogP contribution in [0.3, 0.4) is 0 Å². The van der Waals surface area contributed by atoms with E-state index in [0.29, 0.717) is 13.1 Å². The fourth-order valence-corrected chi connectivity index (χ4v) is 1.40. The number of nitrogens with zero attached hydrogens (tertiary/aromatic N) is 2. The Morgan fingerprint density at radius 1 is 1.47 bits per heavy atom. The molecule has 0 bridgehead atoms. The zero-order valence-corrected chi connectivity index (χ0v) is 10.6. The molecule has 7 heteroatoms. The first-order valence-electron chi connectivity index (χ1n) is 5.88. The number of carboxylic acids is 1. The van der Waals surface area contributed by atoms with Crippen LogP contribution in [0.4, 0.5) is 4.79 Å². The Balaban J connectivity index is 2.50. The number of hydrogen-bond acceptors (Lipinski definition) is 4. The van der Waals surface area contributed by atoms with Gasteiger partial charge in [0, 0.05) is 12.7 Å². The Morgan fingerprint density at radius 2 is 2.21 bits per heavy atom. The zero-order chi connectivity index (χ0) is 14.3. The Hall–Kier alpha value is -2.15. The number of nitrogens with one attached hydrogen (secondary N) is 1. The predicted octanol–water partition coefficient (Wildman–Crippen LogP) is 0.0586. The lowest BCUT2D eigenvalue weighted by atomic mass is 10.3. The van der Waals surface area contributed by atoms with Gasteiger partial charge in [0.1, 0.15) is 0 Å². The Morgan fingerprint density at radius 3 is 2.74 bits per heavy atom. The van der Waals surface area contributed by atoms with Gasteiger partial charge in [0.25, 0.3) is 0 Å². The van der Waals surface area contributed by atoms with Crippen LogP contribution >= 0.6 is 0 Å². The molecule has 0 radical (unpaired) electrons. The number of carboxylic acid groups (broad SMARTS) is 1. The molecule has 0 fully saturated rings. The molecular formula is C12H17N3O4. The van der Waals surface area contributed by atoms with Crippen molar-refractivity contribution in [1.82, 2.24) is 15.2 Å². The third-order valence-electron chi connectivity index (χ3n) is 2.48. The minimum absolute atomic E-state index is 0.326. The number of carbonyl (C=O) groups is 2. The summed E-state index contributed by atoms with van der Waals surface area (Å²) in [5, 5.41) is 19.9. The van der Waals surface area contributed by atoms with Gasteiger partial charge in [0.2, 0.25) is 0 Å². The molecular weight excluding hydrogens is 250 g/mol. The van der Waals surface area contributed by atoms with E-state index >= 15 is 0 Å². The number of pyridine rings is 1. The van der Waals surface area contributed by atoms with Gasteiger partial charge in [-0.3, -0.25) is 4.98 Å². The van der Waals surface area contributed by atoms with E-state index in [9.17, 15) is 9.59 Å². The zero-order valence-electron chi connectivity index (χ0n) is 10.6. The fourth-order valence-electron chi connectivity index (χ4n) is 1.40. The van der Waals surface area contributed by atoms with Crippen molar-refractivity contribution in [3.05, 3.63) is 30.1 Å². The van der Waals surface area contributed by atoms with Gasteiger partial charge in [-0.2, -0.15) is 0 Å². The van der Waals surface area contributed by atoms with Crippen LogP contribution in [-0.2, 0) is 11.3 Å². The maximum Gasteiger partial charge on any atom is 0.334 e. The molecule has 3 N–H and O–H groups in total. The Bertz CT molecular complexity index is 424. The SMILES string of the molecule is CCN(Cc1ccccn1)C(=O)NCC(O)C(=O)O. The van der Waals surface area contributed by atoms with Gasteiger partial charge in [-0.15, -0.1) is 0 Å². The maximum atomic E-state index is 11.8. The van der Waals surface area contributed by atoms with Crippen molar-refractivity contribution in [3.8, 4) is 0 Å². The van der Waals surface area contributed by atoms with Gasteiger partial charge in [-0.25, -0.2) is 9.59 Å². The number of aliphatic carboxylic acids is 1. The van der Waals surface area contributed by atoms with Crippen LogP contribution in [-0.4, -0.2) is 51.3 Å². The summed E-state index contributed by atoms with van der Waals surface area (Å²) < 4.78 is 0. The second-order valence-corrected chi connectivity index (χ2v) is 3.88. The smallest absolute Gasteiger partial charge is 0.334 e. The van der Waals surface area contributed by atoms with Gasteiger partial charge in [0.05, 0.1) is 18.8 Å². The summed E-state index contributed by atoms with van der Waals surface area (Å²) >= 11 is 0. The number of urea groups is 1. The van der Waals surface area contributed by atoms with Crippen molar-refractivity contribution in [2.24, 2.45) is 0 Å². The second-order valence-electron chi connectivity index (χ2n) is 3.88. The topological polar surface area (TPSA) is 103 Å². The first-order chi connectivity index (χ1) is 9.04. The lowest BCUT2D eigenvalue weighted by Crippen LogP contribution is -2.44. The molecule has 104 valence electrons. The molecule has 0 spiro atoms. The minimum atomic E-state index is -1.60. The van der Waals surface area contributed by atoms with E-state index in [0.717, 1.165) is 5.69 Å². The average Bonchev–Trinajstić information content (AvgIpc) is 2.42. The lowest BCUT2D eigenvalue weighted by Gasteiger charge is -2.21. The molecule has 1 atom stereocenters. The second kappa shape index (κ2) is 7.32. The number of carbonyl (C=O) groups excluding carboxylic acids is 1. The summed E-state index contributed by atoms with van der Waals surface area (Å²) in [6.45, 7) is 2.25. The number of aliphatic hydroxyl groups excluding tert-OH is 1. The molecule has 1 aromatic rings. The summed E-state index contributed by atoms with van der Waals surface area (Å²) in [6.07, 6.45) is 0.0347. The van der Waals surface area contributed by atoms with E-state index in [1.54, 1.807) is 25.3 Å². The summed E-state index contributed by atoms with van der Waals surface area (Å²) in [5.41, 5.74) is 0.735. The van der Waals surface area contributed by atoms with Crippen LogP contribution in [0, 0.1) is 0 Å².